The van der Waals surface area contributed by atoms with Gasteiger partial charge in [0.2, 0.25) is 5.88 Å². The molecule has 0 fully saturated rings. The summed E-state index contributed by atoms with van der Waals surface area (Å²) in [7, 11) is 0. The molecule has 1 heterocycles. The minimum atomic E-state index is -0.886. The number of anilines is 1. The summed E-state index contributed by atoms with van der Waals surface area (Å²) in [5.74, 6) is -0.645. The minimum Gasteiger partial charge on any atom is -0.493 e. The molecule has 0 atom stereocenters. The first-order valence-corrected chi connectivity index (χ1v) is 10.3. The maximum atomic E-state index is 12.3. The highest BCUT2D eigenvalue weighted by molar-refractivity contribution is 9.10. The van der Waals surface area contributed by atoms with E-state index >= 15 is 0 Å². The Morgan fingerprint density at radius 3 is 2.65 bits per heavy atom. The Bertz CT molecular complexity index is 1340. The third-order valence-corrected chi connectivity index (χ3v) is 5.19. The molecule has 0 saturated heterocycles. The molecule has 0 aliphatic rings. The maximum absolute atomic E-state index is 12.3. The Labute approximate surface area is 188 Å². The molecule has 2 amide bonds. The molecule has 3 aromatic rings. The molecule has 0 aliphatic heterocycles. The first kappa shape index (κ1) is 22.1. The lowest BCUT2D eigenvalue weighted by atomic mass is 10.2. The predicted octanol–water partition coefficient (Wildman–Crippen LogP) is 3.53. The van der Waals surface area contributed by atoms with Gasteiger partial charge in [0.25, 0.3) is 5.56 Å². The molecule has 0 radical (unpaired) electrons. The summed E-state index contributed by atoms with van der Waals surface area (Å²) in [5.41, 5.74) is -0.613. The van der Waals surface area contributed by atoms with Crippen LogP contribution in [0.1, 0.15) is 11.1 Å². The van der Waals surface area contributed by atoms with E-state index in [1.165, 1.54) is 0 Å². The number of aliphatic imine (C=N–C) groups is 1. The van der Waals surface area contributed by atoms with Crippen LogP contribution in [0.2, 0.25) is 0 Å². The summed E-state index contributed by atoms with van der Waals surface area (Å²) in [6, 6.07) is 10.7. The van der Waals surface area contributed by atoms with Crippen LogP contribution in [0.5, 0.6) is 5.88 Å². The van der Waals surface area contributed by atoms with E-state index in [0.29, 0.717) is 21.8 Å². The van der Waals surface area contributed by atoms with Gasteiger partial charge in [-0.3, -0.25) is 9.78 Å². The monoisotopic (exact) mass is 499 g/mol. The quantitative estimate of drug-likeness (QED) is 0.285. The largest absolute Gasteiger partial charge is 0.493 e. The number of thioether (sulfide) groups is 1. The van der Waals surface area contributed by atoms with E-state index in [4.69, 9.17) is 5.26 Å². The van der Waals surface area contributed by atoms with Crippen molar-refractivity contribution in [1.82, 2.24) is 9.55 Å². The molecule has 3 N–H and O–H groups in total. The molecule has 0 bridgehead atoms. The average Bonchev–Trinajstić information content (AvgIpc) is 2.71. The number of halogens is 1. The molecule has 3 rings (SSSR count). The first-order chi connectivity index (χ1) is 14.8. The Kier molecular flexibility index (Phi) is 6.74. The molecule has 2 aromatic carbocycles. The summed E-state index contributed by atoms with van der Waals surface area (Å²) >= 11 is 4.31. The van der Waals surface area contributed by atoms with Crippen LogP contribution >= 0.6 is 27.7 Å². The molecule has 0 aliphatic carbocycles. The van der Waals surface area contributed by atoms with Crippen LogP contribution in [0.3, 0.4) is 0 Å². The van der Waals surface area contributed by atoms with Gasteiger partial charge in [-0.2, -0.15) is 5.26 Å². The van der Waals surface area contributed by atoms with Crippen molar-refractivity contribution in [3.63, 3.8) is 0 Å². The number of nitrogens with one attached hydrogen (secondary N) is 2. The van der Waals surface area contributed by atoms with Crippen LogP contribution in [-0.2, 0) is 0 Å². The molecule has 0 saturated carbocycles. The number of urea groups is 1. The number of aromatic nitrogens is 2. The van der Waals surface area contributed by atoms with Crippen LogP contribution in [0.15, 0.2) is 66.4 Å². The average molecular weight is 500 g/mol. The lowest BCUT2D eigenvalue weighted by Crippen LogP contribution is -2.31. The second kappa shape index (κ2) is 9.46. The zero-order valence-corrected chi connectivity index (χ0v) is 18.3. The highest BCUT2D eigenvalue weighted by Gasteiger charge is 2.16. The van der Waals surface area contributed by atoms with Crippen LogP contribution in [-0.4, -0.2) is 26.9 Å². The molecule has 0 spiro atoms. The van der Waals surface area contributed by atoms with Gasteiger partial charge in [-0.25, -0.2) is 19.1 Å². The lowest BCUT2D eigenvalue weighted by molar-refractivity contribution is 0.259. The number of aromatic amines is 1. The molecule has 9 nitrogen and oxygen atoms in total. The SMILES string of the molecule is Cc1cc(Br)ccc1-n1c(O)c(C=NC(=O)Nc2ccc(SC#N)cc2)c(=O)[nH]c1=O. The maximum Gasteiger partial charge on any atom is 0.345 e. The predicted molar refractivity (Wildman–Crippen MR) is 121 cm³/mol. The van der Waals surface area contributed by atoms with Crippen LogP contribution in [0.4, 0.5) is 10.5 Å². The van der Waals surface area contributed by atoms with Gasteiger partial charge >= 0.3 is 11.7 Å². The Hall–Kier alpha value is -3.62. The van der Waals surface area contributed by atoms with Gasteiger partial charge in [0.05, 0.1) is 11.9 Å². The van der Waals surface area contributed by atoms with E-state index in [9.17, 15) is 19.5 Å². The van der Waals surface area contributed by atoms with Gasteiger partial charge < -0.3 is 10.4 Å². The van der Waals surface area contributed by atoms with E-state index in [0.717, 1.165) is 27.0 Å². The van der Waals surface area contributed by atoms with Gasteiger partial charge in [-0.1, -0.05) is 15.9 Å². The summed E-state index contributed by atoms with van der Waals surface area (Å²) in [6.07, 6.45) is 0.882. The number of carbonyl (C=O) groups excluding carboxylic acids is 1. The van der Waals surface area contributed by atoms with Crippen molar-refractivity contribution in [2.75, 3.05) is 5.32 Å². The summed E-state index contributed by atoms with van der Waals surface area (Å²) in [6.45, 7) is 1.73. The van der Waals surface area contributed by atoms with Crippen molar-refractivity contribution in [2.45, 2.75) is 11.8 Å². The zero-order valence-electron chi connectivity index (χ0n) is 15.9. The lowest BCUT2D eigenvalue weighted by Gasteiger charge is -2.12. The fourth-order valence-electron chi connectivity index (χ4n) is 2.69. The molecular weight excluding hydrogens is 486 g/mol. The smallest absolute Gasteiger partial charge is 0.345 e. The first-order valence-electron chi connectivity index (χ1n) is 8.66. The van der Waals surface area contributed by atoms with Crippen molar-refractivity contribution < 1.29 is 9.90 Å². The van der Waals surface area contributed by atoms with Gasteiger partial charge in [-0.15, -0.1) is 0 Å². The number of thiocyanates is 1. The number of benzene rings is 2. The van der Waals surface area contributed by atoms with Crippen LogP contribution in [0, 0.1) is 17.6 Å². The highest BCUT2D eigenvalue weighted by Crippen LogP contribution is 2.22. The number of rotatable bonds is 4. The Morgan fingerprint density at radius 1 is 1.29 bits per heavy atom. The van der Waals surface area contributed by atoms with E-state index in [1.807, 2.05) is 5.40 Å². The molecule has 0 unspecified atom stereocenters. The fourth-order valence-corrected chi connectivity index (χ4v) is 3.54. The van der Waals surface area contributed by atoms with Crippen LogP contribution in [0.25, 0.3) is 5.69 Å². The molecule has 31 heavy (non-hydrogen) atoms. The standard InChI is InChI=1S/C20H14BrN5O4S/c1-11-8-12(21)2-7-16(11)26-18(28)15(17(27)25-20(26)30)9-23-19(29)24-13-3-5-14(6-4-13)31-10-22/h2-9,28H,1H3,(H,24,29)(H,25,27,30). The number of nitriles is 1. The Morgan fingerprint density at radius 2 is 2.00 bits per heavy atom. The number of amides is 2. The Balaban J connectivity index is 1.90. The van der Waals surface area contributed by atoms with E-state index in [2.05, 4.69) is 31.2 Å². The molecule has 156 valence electrons. The number of hydrogen-bond donors (Lipinski definition) is 3. The number of nitrogens with zero attached hydrogens (tertiary/aromatic N) is 3. The third kappa shape index (κ3) is 5.11. The summed E-state index contributed by atoms with van der Waals surface area (Å²) < 4.78 is 1.71. The van der Waals surface area contributed by atoms with Gasteiger partial charge in [-0.05, 0) is 66.7 Å². The summed E-state index contributed by atoms with van der Waals surface area (Å²) in [4.78, 5) is 43.0. The molecule has 1 aromatic heterocycles. The van der Waals surface area contributed by atoms with Gasteiger partial charge in [0, 0.05) is 15.1 Å². The van der Waals surface area contributed by atoms with Crippen molar-refractivity contribution >= 4 is 45.6 Å². The van der Waals surface area contributed by atoms with Crippen molar-refractivity contribution in [3.05, 3.63) is 78.9 Å². The van der Waals surface area contributed by atoms with Crippen molar-refractivity contribution in [1.29, 1.82) is 5.26 Å². The van der Waals surface area contributed by atoms with Crippen LogP contribution < -0.4 is 16.6 Å². The fraction of sp³-hybridized carbons (Fsp3) is 0.0500. The second-order valence-corrected chi connectivity index (χ2v) is 7.94. The third-order valence-electron chi connectivity index (χ3n) is 4.10. The van der Waals surface area contributed by atoms with E-state index < -0.39 is 23.2 Å². The minimum absolute atomic E-state index is 0.349. The number of carbonyl (C=O) groups is 1. The van der Waals surface area contributed by atoms with Crippen molar-refractivity contribution in [2.24, 2.45) is 4.99 Å². The second-order valence-electron chi connectivity index (χ2n) is 6.17. The zero-order chi connectivity index (χ0) is 22.5. The molecular formula is C20H14BrN5O4S. The number of H-pyrrole nitrogens is 1. The van der Waals surface area contributed by atoms with Gasteiger partial charge in [0.15, 0.2) is 0 Å². The number of aromatic hydroxyl groups is 1. The highest BCUT2D eigenvalue weighted by atomic mass is 79.9. The normalized spacial score (nSPS) is 10.7. The summed E-state index contributed by atoms with van der Waals surface area (Å²) in [5, 5.41) is 23.6. The topological polar surface area (TPSA) is 140 Å². The molecule has 11 heteroatoms. The van der Waals surface area contributed by atoms with Gasteiger partial charge in [0.1, 0.15) is 11.0 Å². The number of hydrogen-bond acceptors (Lipinski definition) is 6. The number of aryl methyl sites for hydroxylation is 1. The van der Waals surface area contributed by atoms with E-state index in [1.54, 1.807) is 49.4 Å². The van der Waals surface area contributed by atoms with E-state index in [-0.39, 0.29) is 5.56 Å². The van der Waals surface area contributed by atoms with Crippen molar-refractivity contribution in [3.8, 4) is 17.0 Å².